The van der Waals surface area contributed by atoms with Crippen LogP contribution in [0, 0.1) is 11.3 Å². The third kappa shape index (κ3) is 2.29. The summed E-state index contributed by atoms with van der Waals surface area (Å²) in [6.07, 6.45) is 1.01. The molecule has 0 spiro atoms. The average Bonchev–Trinajstić information content (AvgIpc) is 2.77. The summed E-state index contributed by atoms with van der Waals surface area (Å²) in [5.41, 5.74) is 0.172. The van der Waals surface area contributed by atoms with Crippen molar-refractivity contribution in [2.24, 2.45) is 0 Å². The predicted octanol–water partition coefficient (Wildman–Crippen LogP) is -0.291. The van der Waals surface area contributed by atoms with Crippen LogP contribution in [-0.4, -0.2) is 42.0 Å². The van der Waals surface area contributed by atoms with Gasteiger partial charge in [0.15, 0.2) is 0 Å². The molecule has 0 saturated carbocycles. The van der Waals surface area contributed by atoms with Crippen molar-refractivity contribution in [1.29, 1.82) is 5.26 Å². The van der Waals surface area contributed by atoms with Crippen LogP contribution < -0.4 is 0 Å². The third-order valence-electron chi connectivity index (χ3n) is 2.61. The number of pyridine rings is 1. The molecule has 0 aliphatic carbocycles. The Kier molecular flexibility index (Phi) is 3.11. The first-order chi connectivity index (χ1) is 8.04. The number of nitrogens with zero attached hydrogens (tertiary/aromatic N) is 3. The van der Waals surface area contributed by atoms with E-state index >= 15 is 0 Å². The van der Waals surface area contributed by atoms with Gasteiger partial charge in [0.25, 0.3) is 0 Å². The van der Waals surface area contributed by atoms with E-state index in [9.17, 15) is 13.5 Å². The fourth-order valence-electron chi connectivity index (χ4n) is 1.68. The maximum atomic E-state index is 12.1. The minimum atomic E-state index is -3.60. The number of sulfonamides is 1. The topological polar surface area (TPSA) is 94.3 Å². The van der Waals surface area contributed by atoms with Crippen LogP contribution in [0.15, 0.2) is 23.2 Å². The fourth-order valence-corrected chi connectivity index (χ4v) is 3.12. The molecule has 1 aromatic rings. The second kappa shape index (κ2) is 4.41. The van der Waals surface area contributed by atoms with Crippen LogP contribution >= 0.6 is 0 Å². The van der Waals surface area contributed by atoms with Gasteiger partial charge in [-0.3, -0.25) is 0 Å². The molecule has 0 bridgehead atoms. The van der Waals surface area contributed by atoms with Gasteiger partial charge in [-0.15, -0.1) is 0 Å². The highest BCUT2D eigenvalue weighted by Crippen LogP contribution is 2.20. The summed E-state index contributed by atoms with van der Waals surface area (Å²) in [5.74, 6) is 0. The Morgan fingerprint density at radius 3 is 2.76 bits per heavy atom. The molecular weight excluding hydrogens is 242 g/mol. The van der Waals surface area contributed by atoms with E-state index in [1.165, 1.54) is 22.6 Å². The van der Waals surface area contributed by atoms with E-state index < -0.39 is 16.1 Å². The number of hydrogen-bond donors (Lipinski definition) is 1. The van der Waals surface area contributed by atoms with Crippen LogP contribution in [-0.2, 0) is 10.0 Å². The quantitative estimate of drug-likeness (QED) is 0.781. The van der Waals surface area contributed by atoms with Crippen molar-refractivity contribution in [2.45, 2.75) is 17.4 Å². The highest BCUT2D eigenvalue weighted by atomic mass is 32.2. The Labute approximate surface area is 99.2 Å². The molecule has 2 heterocycles. The lowest BCUT2D eigenvalue weighted by molar-refractivity contribution is 0.189. The van der Waals surface area contributed by atoms with Crippen LogP contribution in [0.25, 0.3) is 0 Å². The zero-order valence-corrected chi connectivity index (χ0v) is 9.76. The van der Waals surface area contributed by atoms with Crippen molar-refractivity contribution < 1.29 is 13.5 Å². The highest BCUT2D eigenvalue weighted by Gasteiger charge is 2.31. The van der Waals surface area contributed by atoms with Crippen LogP contribution in [0.3, 0.4) is 0 Å². The van der Waals surface area contributed by atoms with Crippen LogP contribution in [0.5, 0.6) is 0 Å². The number of nitriles is 1. The molecule has 1 fully saturated rings. The summed E-state index contributed by atoms with van der Waals surface area (Å²) < 4.78 is 25.4. The summed E-state index contributed by atoms with van der Waals surface area (Å²) >= 11 is 0. The smallest absolute Gasteiger partial charge is 0.244 e. The molecule has 1 N–H and O–H groups in total. The number of hydrogen-bond acceptors (Lipinski definition) is 5. The molecule has 1 aliphatic heterocycles. The van der Waals surface area contributed by atoms with Crippen LogP contribution in [0.4, 0.5) is 0 Å². The second-order valence-corrected chi connectivity index (χ2v) is 5.73. The van der Waals surface area contributed by atoms with Crippen molar-refractivity contribution >= 4 is 10.0 Å². The summed E-state index contributed by atoms with van der Waals surface area (Å²) in [7, 11) is -3.60. The highest BCUT2D eigenvalue weighted by molar-refractivity contribution is 7.89. The van der Waals surface area contributed by atoms with Crippen molar-refractivity contribution in [3.8, 4) is 6.07 Å². The Bertz CT molecular complexity index is 547. The SMILES string of the molecule is N#Cc1ccc(S(=O)(=O)N2CCC(O)C2)cn1. The lowest BCUT2D eigenvalue weighted by Crippen LogP contribution is -2.29. The van der Waals surface area contributed by atoms with Crippen molar-refractivity contribution in [3.05, 3.63) is 24.0 Å². The molecule has 1 atom stereocenters. The van der Waals surface area contributed by atoms with E-state index in [1.807, 2.05) is 6.07 Å². The first-order valence-electron chi connectivity index (χ1n) is 5.08. The van der Waals surface area contributed by atoms with Gasteiger partial charge in [0, 0.05) is 19.3 Å². The molecule has 90 valence electrons. The Morgan fingerprint density at radius 1 is 1.53 bits per heavy atom. The molecule has 17 heavy (non-hydrogen) atoms. The maximum Gasteiger partial charge on any atom is 0.244 e. The van der Waals surface area contributed by atoms with E-state index in [0.29, 0.717) is 13.0 Å². The van der Waals surface area contributed by atoms with E-state index in [-0.39, 0.29) is 17.1 Å². The number of β-amino-alcohol motifs (C(OH)–C–C–N with tert-alkyl or cyclic N) is 1. The third-order valence-corrected chi connectivity index (χ3v) is 4.46. The Balaban J connectivity index is 2.29. The summed E-state index contributed by atoms with van der Waals surface area (Å²) in [6, 6.07) is 4.54. The summed E-state index contributed by atoms with van der Waals surface area (Å²) in [5, 5.41) is 17.9. The van der Waals surface area contributed by atoms with Crippen molar-refractivity contribution in [3.63, 3.8) is 0 Å². The van der Waals surface area contributed by atoms with Gasteiger partial charge in [0.1, 0.15) is 16.7 Å². The molecule has 2 rings (SSSR count). The Morgan fingerprint density at radius 2 is 2.29 bits per heavy atom. The zero-order chi connectivity index (χ0) is 12.5. The molecule has 1 unspecified atom stereocenters. The molecule has 0 radical (unpaired) electrons. The largest absolute Gasteiger partial charge is 0.392 e. The van der Waals surface area contributed by atoms with Gasteiger partial charge in [-0.25, -0.2) is 13.4 Å². The minimum absolute atomic E-state index is 0.0469. The van der Waals surface area contributed by atoms with Gasteiger partial charge >= 0.3 is 0 Å². The molecule has 0 aromatic carbocycles. The number of aliphatic hydroxyl groups is 1. The molecule has 1 aromatic heterocycles. The first-order valence-corrected chi connectivity index (χ1v) is 6.52. The molecule has 1 saturated heterocycles. The van der Waals surface area contributed by atoms with Crippen LogP contribution in [0.2, 0.25) is 0 Å². The number of aliphatic hydroxyl groups excluding tert-OH is 1. The normalized spacial score (nSPS) is 21.3. The summed E-state index contributed by atoms with van der Waals surface area (Å²) in [4.78, 5) is 3.77. The average molecular weight is 253 g/mol. The first kappa shape index (κ1) is 12.0. The van der Waals surface area contributed by atoms with Gasteiger partial charge in [-0.2, -0.15) is 9.57 Å². The van der Waals surface area contributed by atoms with Crippen LogP contribution in [0.1, 0.15) is 12.1 Å². The minimum Gasteiger partial charge on any atom is -0.392 e. The second-order valence-electron chi connectivity index (χ2n) is 3.80. The molecule has 0 amide bonds. The van der Waals surface area contributed by atoms with Crippen molar-refractivity contribution in [1.82, 2.24) is 9.29 Å². The van der Waals surface area contributed by atoms with Crippen molar-refractivity contribution in [2.75, 3.05) is 13.1 Å². The predicted molar refractivity (Wildman–Crippen MR) is 58.3 cm³/mol. The standard InChI is InChI=1S/C10H11N3O3S/c11-5-8-1-2-10(6-12-8)17(15,16)13-4-3-9(14)7-13/h1-2,6,9,14H,3-4,7H2. The van der Waals surface area contributed by atoms with Gasteiger partial charge in [-0.1, -0.05) is 0 Å². The Hall–Kier alpha value is -1.49. The van der Waals surface area contributed by atoms with Gasteiger partial charge in [0.05, 0.1) is 6.10 Å². The van der Waals surface area contributed by atoms with E-state index in [1.54, 1.807) is 0 Å². The van der Waals surface area contributed by atoms with E-state index in [4.69, 9.17) is 5.26 Å². The molecule has 1 aliphatic rings. The zero-order valence-electron chi connectivity index (χ0n) is 8.94. The number of rotatable bonds is 2. The van der Waals surface area contributed by atoms with E-state index in [0.717, 1.165) is 0 Å². The van der Waals surface area contributed by atoms with E-state index in [2.05, 4.69) is 4.98 Å². The van der Waals surface area contributed by atoms with Gasteiger partial charge in [0.2, 0.25) is 10.0 Å². The van der Waals surface area contributed by atoms with Gasteiger partial charge in [-0.05, 0) is 18.6 Å². The van der Waals surface area contributed by atoms with Gasteiger partial charge < -0.3 is 5.11 Å². The lowest BCUT2D eigenvalue weighted by atomic mass is 10.3. The molecule has 6 nitrogen and oxygen atoms in total. The molecule has 7 heteroatoms. The number of aromatic nitrogens is 1. The lowest BCUT2D eigenvalue weighted by Gasteiger charge is -2.15. The maximum absolute atomic E-state index is 12.1. The fraction of sp³-hybridized carbons (Fsp3) is 0.400. The summed E-state index contributed by atoms with van der Waals surface area (Å²) in [6.45, 7) is 0.422. The monoisotopic (exact) mass is 253 g/mol. The molecular formula is C10H11N3O3S.